The Labute approximate surface area is 105 Å². The molecule has 0 spiro atoms. The minimum Gasteiger partial charge on any atom is -0.394 e. The van der Waals surface area contributed by atoms with E-state index in [-0.39, 0.29) is 12.1 Å². The van der Waals surface area contributed by atoms with Crippen molar-refractivity contribution in [3.05, 3.63) is 23.0 Å². The molecule has 0 aromatic carbocycles. The quantitative estimate of drug-likeness (QED) is 0.798. The Morgan fingerprint density at radius 3 is 2.24 bits per heavy atom. The molecule has 3 heteroatoms. The van der Waals surface area contributed by atoms with Gasteiger partial charge in [-0.15, -0.1) is 0 Å². The van der Waals surface area contributed by atoms with E-state index < -0.39 is 0 Å². The van der Waals surface area contributed by atoms with Crippen LogP contribution in [0.1, 0.15) is 43.6 Å². The minimum atomic E-state index is -0.129. The summed E-state index contributed by atoms with van der Waals surface area (Å²) >= 11 is 0. The molecule has 0 aliphatic rings. The van der Waals surface area contributed by atoms with E-state index in [1.54, 1.807) is 0 Å². The first-order chi connectivity index (χ1) is 7.99. The third-order valence-corrected chi connectivity index (χ3v) is 4.19. The van der Waals surface area contributed by atoms with Crippen LogP contribution in [0.25, 0.3) is 0 Å². The zero-order valence-electron chi connectivity index (χ0n) is 11.8. The van der Waals surface area contributed by atoms with E-state index in [2.05, 4.69) is 50.7 Å². The Kier molecular flexibility index (Phi) is 4.78. The Morgan fingerprint density at radius 1 is 1.29 bits per heavy atom. The molecule has 1 heterocycles. The molecule has 0 saturated heterocycles. The molecule has 0 aliphatic carbocycles. The Hall–Kier alpha value is -0.800. The van der Waals surface area contributed by atoms with Gasteiger partial charge < -0.3 is 15.0 Å². The molecule has 98 valence electrons. The maximum Gasteiger partial charge on any atom is 0.0613 e. The highest BCUT2D eigenvalue weighted by molar-refractivity contribution is 5.26. The van der Waals surface area contributed by atoms with Gasteiger partial charge in [-0.05, 0) is 38.3 Å². The molecular weight excluding hydrogens is 212 g/mol. The van der Waals surface area contributed by atoms with E-state index in [0.29, 0.717) is 0 Å². The lowest BCUT2D eigenvalue weighted by Gasteiger charge is -2.31. The van der Waals surface area contributed by atoms with Crippen molar-refractivity contribution < 1.29 is 5.11 Å². The molecule has 0 bridgehead atoms. The van der Waals surface area contributed by atoms with Gasteiger partial charge in [0.25, 0.3) is 0 Å². The first-order valence-corrected chi connectivity index (χ1v) is 6.47. The summed E-state index contributed by atoms with van der Waals surface area (Å²) in [5, 5.41) is 13.0. The fourth-order valence-electron chi connectivity index (χ4n) is 2.17. The number of aliphatic hydroxyl groups excluding tert-OH is 1. The van der Waals surface area contributed by atoms with Crippen LogP contribution in [0.15, 0.2) is 6.07 Å². The Balaban J connectivity index is 2.75. The van der Waals surface area contributed by atoms with E-state index in [1.807, 2.05) is 0 Å². The standard InChI is InChI=1S/C14H26N2O/c1-6-14(7-2,10-17)15-9-13-8-11(3)16(5)12(13)4/h8,15,17H,6-7,9-10H2,1-5H3. The van der Waals surface area contributed by atoms with Crippen LogP contribution >= 0.6 is 0 Å². The van der Waals surface area contributed by atoms with Crippen molar-refractivity contribution in [1.82, 2.24) is 9.88 Å². The van der Waals surface area contributed by atoms with Crippen LogP contribution in [0.2, 0.25) is 0 Å². The number of hydrogen-bond donors (Lipinski definition) is 2. The van der Waals surface area contributed by atoms with Gasteiger partial charge in [0.2, 0.25) is 0 Å². The second-order valence-corrected chi connectivity index (χ2v) is 4.95. The van der Waals surface area contributed by atoms with Crippen molar-refractivity contribution in [1.29, 1.82) is 0 Å². The summed E-state index contributed by atoms with van der Waals surface area (Å²) in [6.45, 7) is 9.53. The summed E-state index contributed by atoms with van der Waals surface area (Å²) in [7, 11) is 2.09. The first kappa shape index (κ1) is 14.3. The summed E-state index contributed by atoms with van der Waals surface area (Å²) in [5.41, 5.74) is 3.77. The molecule has 2 N–H and O–H groups in total. The summed E-state index contributed by atoms with van der Waals surface area (Å²) in [5.74, 6) is 0. The maximum absolute atomic E-state index is 9.52. The topological polar surface area (TPSA) is 37.2 Å². The molecule has 0 unspecified atom stereocenters. The molecule has 0 saturated carbocycles. The fraction of sp³-hybridized carbons (Fsp3) is 0.714. The van der Waals surface area contributed by atoms with Crippen LogP contribution in [0, 0.1) is 13.8 Å². The zero-order valence-corrected chi connectivity index (χ0v) is 11.8. The van der Waals surface area contributed by atoms with Gasteiger partial charge in [-0.2, -0.15) is 0 Å². The lowest BCUT2D eigenvalue weighted by atomic mass is 9.93. The van der Waals surface area contributed by atoms with Crippen molar-refractivity contribution >= 4 is 0 Å². The van der Waals surface area contributed by atoms with Crippen LogP contribution in [0.3, 0.4) is 0 Å². The third-order valence-electron chi connectivity index (χ3n) is 4.19. The van der Waals surface area contributed by atoms with E-state index in [4.69, 9.17) is 0 Å². The molecule has 17 heavy (non-hydrogen) atoms. The second-order valence-electron chi connectivity index (χ2n) is 4.95. The molecular formula is C14H26N2O. The van der Waals surface area contributed by atoms with Crippen molar-refractivity contribution in [3.8, 4) is 0 Å². The molecule has 0 radical (unpaired) electrons. The van der Waals surface area contributed by atoms with Gasteiger partial charge in [-0.1, -0.05) is 13.8 Å². The highest BCUT2D eigenvalue weighted by Crippen LogP contribution is 2.18. The lowest BCUT2D eigenvalue weighted by molar-refractivity contribution is 0.149. The SMILES string of the molecule is CCC(CC)(CO)NCc1cc(C)n(C)c1C. The summed E-state index contributed by atoms with van der Waals surface area (Å²) in [4.78, 5) is 0. The minimum absolute atomic E-state index is 0.129. The Morgan fingerprint density at radius 2 is 1.88 bits per heavy atom. The zero-order chi connectivity index (χ0) is 13.1. The predicted octanol–water partition coefficient (Wildman–Crippen LogP) is 2.28. The third kappa shape index (κ3) is 2.90. The van der Waals surface area contributed by atoms with E-state index in [9.17, 15) is 5.11 Å². The average Bonchev–Trinajstić information content (AvgIpc) is 2.59. The average molecular weight is 238 g/mol. The van der Waals surface area contributed by atoms with Gasteiger partial charge in [-0.25, -0.2) is 0 Å². The first-order valence-electron chi connectivity index (χ1n) is 6.47. The van der Waals surface area contributed by atoms with Gasteiger partial charge in [0, 0.05) is 30.5 Å². The van der Waals surface area contributed by atoms with Gasteiger partial charge in [0.1, 0.15) is 0 Å². The van der Waals surface area contributed by atoms with E-state index >= 15 is 0 Å². The van der Waals surface area contributed by atoms with E-state index in [1.165, 1.54) is 17.0 Å². The van der Waals surface area contributed by atoms with Crippen LogP contribution in [0.5, 0.6) is 0 Å². The second kappa shape index (κ2) is 5.69. The monoisotopic (exact) mass is 238 g/mol. The van der Waals surface area contributed by atoms with Gasteiger partial charge >= 0.3 is 0 Å². The largest absolute Gasteiger partial charge is 0.394 e. The number of aromatic nitrogens is 1. The summed E-state index contributed by atoms with van der Waals surface area (Å²) in [6, 6.07) is 2.22. The van der Waals surface area contributed by atoms with E-state index in [0.717, 1.165) is 19.4 Å². The summed E-state index contributed by atoms with van der Waals surface area (Å²) in [6.07, 6.45) is 1.90. The smallest absolute Gasteiger partial charge is 0.0613 e. The van der Waals surface area contributed by atoms with Gasteiger partial charge in [0.15, 0.2) is 0 Å². The molecule has 1 aromatic heterocycles. The normalized spacial score (nSPS) is 12.1. The van der Waals surface area contributed by atoms with Crippen LogP contribution in [-0.4, -0.2) is 21.8 Å². The molecule has 0 aliphatic heterocycles. The molecule has 0 amide bonds. The molecule has 1 aromatic rings. The Bertz CT molecular complexity index is 356. The maximum atomic E-state index is 9.52. The number of nitrogens with zero attached hydrogens (tertiary/aromatic N) is 1. The molecule has 1 rings (SSSR count). The number of rotatable bonds is 6. The van der Waals surface area contributed by atoms with Gasteiger partial charge in [0.05, 0.1) is 6.61 Å². The van der Waals surface area contributed by atoms with Crippen LogP contribution < -0.4 is 5.32 Å². The number of nitrogens with one attached hydrogen (secondary N) is 1. The van der Waals surface area contributed by atoms with Crippen LogP contribution in [-0.2, 0) is 13.6 Å². The lowest BCUT2D eigenvalue weighted by Crippen LogP contribution is -2.47. The van der Waals surface area contributed by atoms with Crippen molar-refractivity contribution in [3.63, 3.8) is 0 Å². The fourth-order valence-corrected chi connectivity index (χ4v) is 2.17. The van der Waals surface area contributed by atoms with Crippen molar-refractivity contribution in [2.75, 3.05) is 6.61 Å². The number of aliphatic hydroxyl groups is 1. The van der Waals surface area contributed by atoms with Gasteiger partial charge in [-0.3, -0.25) is 0 Å². The number of hydrogen-bond acceptors (Lipinski definition) is 2. The highest BCUT2D eigenvalue weighted by Gasteiger charge is 2.24. The molecule has 0 atom stereocenters. The summed E-state index contributed by atoms with van der Waals surface area (Å²) < 4.78 is 2.20. The molecule has 3 nitrogen and oxygen atoms in total. The highest BCUT2D eigenvalue weighted by atomic mass is 16.3. The predicted molar refractivity (Wildman–Crippen MR) is 72.1 cm³/mol. The van der Waals surface area contributed by atoms with Crippen molar-refractivity contribution in [2.24, 2.45) is 7.05 Å². The molecule has 0 fully saturated rings. The van der Waals surface area contributed by atoms with Crippen molar-refractivity contribution in [2.45, 2.75) is 52.6 Å². The number of aryl methyl sites for hydroxylation is 1. The van der Waals surface area contributed by atoms with Crippen LogP contribution in [0.4, 0.5) is 0 Å².